The predicted molar refractivity (Wildman–Crippen MR) is 262 cm³/mol. The number of nitrogens with zero attached hydrogens (tertiary/aromatic N) is 2. The van der Waals surface area contributed by atoms with E-state index in [0.717, 1.165) is 46.7 Å². The Morgan fingerprint density at radius 3 is 1.48 bits per heavy atom. The molecule has 5 aromatic rings. The van der Waals surface area contributed by atoms with Crippen LogP contribution in [-0.4, -0.2) is 48.6 Å². The van der Waals surface area contributed by atoms with Gasteiger partial charge in [-0.2, -0.15) is 0 Å². The Kier molecular flexibility index (Phi) is 10.2. The second-order valence-corrected chi connectivity index (χ2v) is 23.1. The molecule has 14 rings (SSSR count). The van der Waals surface area contributed by atoms with Gasteiger partial charge >= 0.3 is 0 Å². The van der Waals surface area contributed by atoms with Gasteiger partial charge < -0.3 is 23.7 Å². The molecule has 5 nitrogen and oxygen atoms in total. The SMILES string of the molecule is c1ccc(N2C3CCCCC3OC3CC4C5CCC(c6cccc7c6oc6ccccc67)CC5C5CC6C(CC5C5CCCCC5C4CC32)OC2CCCCC2N6c2ccccc2)cc1. The van der Waals surface area contributed by atoms with E-state index in [1.165, 1.54) is 150 Å². The zero-order valence-corrected chi connectivity index (χ0v) is 38.7. The van der Waals surface area contributed by atoms with Gasteiger partial charge in [0.15, 0.2) is 0 Å². The number of fused-ring (bicyclic) bond motifs is 15. The molecule has 7 aliphatic carbocycles. The number of hydrogen-bond donors (Lipinski definition) is 0. The smallest absolute Gasteiger partial charge is 0.138 e. The van der Waals surface area contributed by atoms with E-state index in [9.17, 15) is 0 Å². The number of rotatable bonds is 3. The summed E-state index contributed by atoms with van der Waals surface area (Å²) in [5, 5.41) is 2.57. The van der Waals surface area contributed by atoms with Gasteiger partial charge in [-0.25, -0.2) is 0 Å². The van der Waals surface area contributed by atoms with Crippen molar-refractivity contribution in [3.05, 3.63) is 109 Å². The summed E-state index contributed by atoms with van der Waals surface area (Å²) in [5.74, 6) is 6.55. The predicted octanol–water partition coefficient (Wildman–Crippen LogP) is 14.1. The average molecular weight is 869 g/mol. The quantitative estimate of drug-likeness (QED) is 0.169. The van der Waals surface area contributed by atoms with Crippen LogP contribution in [0.2, 0.25) is 0 Å². The molecular formula is C60H72N2O3. The van der Waals surface area contributed by atoms with E-state index in [0.29, 0.717) is 66.3 Å². The van der Waals surface area contributed by atoms with E-state index in [2.05, 4.69) is 113 Å². The minimum absolute atomic E-state index is 0.329. The topological polar surface area (TPSA) is 38.1 Å². The lowest BCUT2D eigenvalue weighted by Gasteiger charge is -2.64. The van der Waals surface area contributed by atoms with E-state index >= 15 is 0 Å². The summed E-state index contributed by atoms with van der Waals surface area (Å²) >= 11 is 0. The molecule has 9 fully saturated rings. The lowest BCUT2D eigenvalue weighted by molar-refractivity contribution is -0.168. The van der Waals surface area contributed by atoms with Crippen LogP contribution in [0.5, 0.6) is 0 Å². The van der Waals surface area contributed by atoms with E-state index in [4.69, 9.17) is 13.9 Å². The summed E-state index contributed by atoms with van der Waals surface area (Å²) in [5.41, 5.74) is 6.59. The minimum Gasteiger partial charge on any atom is -0.456 e. The van der Waals surface area contributed by atoms with E-state index in [1.807, 2.05) is 0 Å². The number of anilines is 2. The Morgan fingerprint density at radius 2 is 0.846 bits per heavy atom. The molecule has 0 spiro atoms. The van der Waals surface area contributed by atoms with E-state index in [1.54, 1.807) is 0 Å². The van der Waals surface area contributed by atoms with Crippen LogP contribution < -0.4 is 9.80 Å². The van der Waals surface area contributed by atoms with Gasteiger partial charge in [-0.3, -0.25) is 0 Å². The van der Waals surface area contributed by atoms with Crippen molar-refractivity contribution in [2.75, 3.05) is 9.80 Å². The Bertz CT molecular complexity index is 2460. The first-order valence-electron chi connectivity index (χ1n) is 27.1. The molecule has 0 amide bonds. The largest absolute Gasteiger partial charge is 0.456 e. The third-order valence-corrected chi connectivity index (χ3v) is 20.5. The van der Waals surface area contributed by atoms with Gasteiger partial charge in [-0.15, -0.1) is 0 Å². The van der Waals surface area contributed by atoms with Crippen molar-refractivity contribution in [1.29, 1.82) is 0 Å². The molecule has 1 aromatic heterocycles. The molecule has 0 bridgehead atoms. The molecular weight excluding hydrogens is 797 g/mol. The molecule has 65 heavy (non-hydrogen) atoms. The molecule has 2 aliphatic heterocycles. The van der Waals surface area contributed by atoms with Crippen LogP contribution in [0.1, 0.15) is 133 Å². The molecule has 17 atom stereocenters. The maximum Gasteiger partial charge on any atom is 0.138 e. The molecule has 9 aliphatic rings. The Morgan fingerprint density at radius 1 is 0.354 bits per heavy atom. The standard InChI is InChI=1S/C60H72N2O3/c1-3-16-38(17-4-1)61-51-25-10-13-28-56(51)64-59-36-50-43-31-30-37(40-23-15-24-45-44-22-9-12-27-55(44)65-60(40)45)32-46(43)48-34-54-58(35-49(48)42-21-8-7-20-41(42)47(50)33-53(59)61)63-57-29-14-11-26-52(57)62(54)39-18-5-2-6-19-39/h1-6,9,12,15-19,22-24,27,37,41-43,46-54,56-59H,7-8,10-11,13-14,20-21,25-26,28-36H2. The number of benzene rings is 4. The highest BCUT2D eigenvalue weighted by Gasteiger charge is 2.60. The summed E-state index contributed by atoms with van der Waals surface area (Å²) in [6.07, 6.45) is 26.5. The Balaban J connectivity index is 0.888. The molecule has 2 saturated heterocycles. The van der Waals surface area contributed by atoms with Crippen molar-refractivity contribution in [3.63, 3.8) is 0 Å². The normalized spacial score (nSPS) is 41.3. The van der Waals surface area contributed by atoms with Crippen LogP contribution in [0.4, 0.5) is 11.4 Å². The molecule has 17 unspecified atom stereocenters. The summed E-state index contributed by atoms with van der Waals surface area (Å²) in [6, 6.07) is 41.2. The lowest BCUT2D eigenvalue weighted by Crippen LogP contribution is -2.67. The van der Waals surface area contributed by atoms with Crippen molar-refractivity contribution >= 4 is 33.3 Å². The zero-order valence-electron chi connectivity index (χ0n) is 38.7. The summed E-state index contributed by atoms with van der Waals surface area (Å²) in [4.78, 5) is 5.97. The van der Waals surface area contributed by atoms with Crippen LogP contribution in [0, 0.1) is 47.3 Å². The van der Waals surface area contributed by atoms with Gasteiger partial charge in [0, 0.05) is 22.1 Å². The lowest BCUT2D eigenvalue weighted by atomic mass is 9.46. The first kappa shape index (κ1) is 40.3. The summed E-state index contributed by atoms with van der Waals surface area (Å²) in [6.45, 7) is 0. The van der Waals surface area contributed by atoms with Crippen molar-refractivity contribution in [3.8, 4) is 0 Å². The third kappa shape index (κ3) is 6.64. The highest BCUT2D eigenvalue weighted by Crippen LogP contribution is 2.64. The fourth-order valence-corrected chi connectivity index (χ4v) is 18.2. The van der Waals surface area contributed by atoms with Gasteiger partial charge in [-0.1, -0.05) is 111 Å². The van der Waals surface area contributed by atoms with Crippen molar-refractivity contribution < 1.29 is 13.9 Å². The third-order valence-electron chi connectivity index (χ3n) is 20.5. The number of para-hydroxylation sites is 4. The average Bonchev–Trinajstić information content (AvgIpc) is 3.76. The van der Waals surface area contributed by atoms with Crippen LogP contribution in [0.15, 0.2) is 108 Å². The van der Waals surface area contributed by atoms with Crippen LogP contribution >= 0.6 is 0 Å². The number of ether oxygens (including phenoxy) is 2. The van der Waals surface area contributed by atoms with E-state index < -0.39 is 0 Å². The molecule has 3 heterocycles. The fraction of sp³-hybridized carbons (Fsp3) is 0.600. The number of hydrogen-bond acceptors (Lipinski definition) is 5. The highest BCUT2D eigenvalue weighted by atomic mass is 16.5. The maximum atomic E-state index is 7.56. The summed E-state index contributed by atoms with van der Waals surface area (Å²) < 4.78 is 22.0. The van der Waals surface area contributed by atoms with E-state index in [-0.39, 0.29) is 0 Å². The Labute approximate surface area is 388 Å². The summed E-state index contributed by atoms with van der Waals surface area (Å²) in [7, 11) is 0. The number of morpholine rings is 2. The van der Waals surface area contributed by atoms with Crippen LogP contribution in [0.25, 0.3) is 21.9 Å². The van der Waals surface area contributed by atoms with Gasteiger partial charge in [0.05, 0.1) is 48.6 Å². The minimum atomic E-state index is 0.329. The van der Waals surface area contributed by atoms with Gasteiger partial charge in [0.25, 0.3) is 0 Å². The molecule has 5 heteroatoms. The highest BCUT2D eigenvalue weighted by molar-refractivity contribution is 6.05. The molecule has 0 N–H and O–H groups in total. The Hall–Kier alpha value is -3.80. The molecule has 7 saturated carbocycles. The molecule has 4 aromatic carbocycles. The first-order valence-corrected chi connectivity index (χ1v) is 27.1. The second kappa shape index (κ2) is 16.5. The molecule has 0 radical (unpaired) electrons. The van der Waals surface area contributed by atoms with Crippen molar-refractivity contribution in [2.24, 2.45) is 47.3 Å². The first-order chi connectivity index (χ1) is 32.2. The number of furan rings is 1. The zero-order chi connectivity index (χ0) is 42.6. The van der Waals surface area contributed by atoms with Gasteiger partial charge in [-0.05, 0) is 173 Å². The van der Waals surface area contributed by atoms with Crippen LogP contribution in [0.3, 0.4) is 0 Å². The monoisotopic (exact) mass is 869 g/mol. The fourth-order valence-electron chi connectivity index (χ4n) is 18.2. The van der Waals surface area contributed by atoms with Gasteiger partial charge in [0.1, 0.15) is 11.2 Å². The van der Waals surface area contributed by atoms with Gasteiger partial charge in [0.2, 0.25) is 0 Å². The maximum absolute atomic E-state index is 7.56. The van der Waals surface area contributed by atoms with Crippen molar-refractivity contribution in [1.82, 2.24) is 0 Å². The second-order valence-electron chi connectivity index (χ2n) is 23.1. The van der Waals surface area contributed by atoms with Crippen molar-refractivity contribution in [2.45, 2.75) is 176 Å². The van der Waals surface area contributed by atoms with Crippen LogP contribution in [-0.2, 0) is 9.47 Å². The molecule has 340 valence electrons.